The summed E-state index contributed by atoms with van der Waals surface area (Å²) in [5, 5.41) is 18.3. The molecule has 0 bridgehead atoms. The van der Waals surface area contributed by atoms with E-state index in [0.717, 1.165) is 44.9 Å². The van der Waals surface area contributed by atoms with Crippen LogP contribution in [0, 0.1) is 0 Å². The summed E-state index contributed by atoms with van der Waals surface area (Å²) in [6, 6.07) is 0. The SMILES string of the molecule is CCCCCCCC/C=C\CCCCCCCCOCC(COP(=O)(O)OCC(O)CO)OC(=O)CCCCCCCCCCCCCC. The van der Waals surface area contributed by atoms with Gasteiger partial charge in [0.25, 0.3) is 0 Å². The number of allylic oxidation sites excluding steroid dienone is 2. The van der Waals surface area contributed by atoms with Crippen LogP contribution in [0.4, 0.5) is 0 Å². The first-order valence-corrected chi connectivity index (χ1v) is 21.7. The predicted molar refractivity (Wildman–Crippen MR) is 201 cm³/mol. The van der Waals surface area contributed by atoms with Gasteiger partial charge in [-0.25, -0.2) is 4.57 Å². The van der Waals surface area contributed by atoms with E-state index >= 15 is 0 Å². The summed E-state index contributed by atoms with van der Waals surface area (Å²) in [6.07, 6.45) is 34.5. The highest BCUT2D eigenvalue weighted by Crippen LogP contribution is 2.43. The lowest BCUT2D eigenvalue weighted by molar-refractivity contribution is -0.154. The maximum absolute atomic E-state index is 12.5. The van der Waals surface area contributed by atoms with E-state index in [4.69, 9.17) is 23.6 Å². The zero-order chi connectivity index (χ0) is 36.1. The molecule has 0 aromatic heterocycles. The number of aliphatic hydroxyl groups excluding tert-OH is 2. The molecule has 0 aliphatic heterocycles. The van der Waals surface area contributed by atoms with Crippen molar-refractivity contribution in [2.45, 2.75) is 199 Å². The number of carbonyl (C=O) groups is 1. The minimum absolute atomic E-state index is 0.0501. The standard InChI is InChI=1S/C39H77O9P/c1-3-5-7-9-11-13-15-17-18-19-20-22-24-26-28-30-32-45-35-38(36-47-49(43,44)46-34-37(41)33-40)48-39(42)31-29-27-25-23-21-16-14-12-10-8-6-4-2/h17-18,37-38,40-41H,3-16,19-36H2,1-2H3,(H,43,44)/b18-17-. The smallest absolute Gasteiger partial charge is 0.457 e. The van der Waals surface area contributed by atoms with E-state index in [1.807, 2.05) is 0 Å². The molecule has 0 heterocycles. The molecule has 49 heavy (non-hydrogen) atoms. The summed E-state index contributed by atoms with van der Waals surface area (Å²) in [6.45, 7) is 3.51. The molecule has 0 saturated heterocycles. The summed E-state index contributed by atoms with van der Waals surface area (Å²) in [5.74, 6) is -0.383. The van der Waals surface area contributed by atoms with Crippen LogP contribution >= 0.6 is 7.82 Å². The number of aliphatic hydroxyl groups is 2. The second-order valence-electron chi connectivity index (χ2n) is 13.7. The average molecular weight is 721 g/mol. The van der Waals surface area contributed by atoms with Crippen molar-refractivity contribution in [3.63, 3.8) is 0 Å². The van der Waals surface area contributed by atoms with Crippen molar-refractivity contribution in [1.82, 2.24) is 0 Å². The molecule has 292 valence electrons. The molecular formula is C39H77O9P. The Morgan fingerprint density at radius 2 is 1.04 bits per heavy atom. The molecule has 0 amide bonds. The zero-order valence-electron chi connectivity index (χ0n) is 31.7. The Kier molecular flexibility index (Phi) is 36.4. The molecule has 9 nitrogen and oxygen atoms in total. The minimum atomic E-state index is -4.51. The molecule has 0 fully saturated rings. The van der Waals surface area contributed by atoms with Crippen LogP contribution in [0.15, 0.2) is 12.2 Å². The van der Waals surface area contributed by atoms with Crippen LogP contribution in [0.25, 0.3) is 0 Å². The molecule has 0 aromatic carbocycles. The molecule has 0 radical (unpaired) electrons. The van der Waals surface area contributed by atoms with Gasteiger partial charge in [0.15, 0.2) is 0 Å². The van der Waals surface area contributed by atoms with Gasteiger partial charge >= 0.3 is 13.8 Å². The van der Waals surface area contributed by atoms with Crippen LogP contribution in [0.2, 0.25) is 0 Å². The number of carbonyl (C=O) groups excluding carboxylic acids is 1. The lowest BCUT2D eigenvalue weighted by Crippen LogP contribution is -2.29. The number of unbranched alkanes of at least 4 members (excludes halogenated alkanes) is 23. The van der Waals surface area contributed by atoms with Crippen LogP contribution in [0.3, 0.4) is 0 Å². The van der Waals surface area contributed by atoms with Gasteiger partial charge in [-0.3, -0.25) is 13.8 Å². The van der Waals surface area contributed by atoms with Gasteiger partial charge in [0.05, 0.1) is 26.4 Å². The van der Waals surface area contributed by atoms with E-state index in [1.165, 1.54) is 122 Å². The maximum Gasteiger partial charge on any atom is 0.472 e. The highest BCUT2D eigenvalue weighted by Gasteiger charge is 2.26. The third-order valence-corrected chi connectivity index (χ3v) is 9.65. The first-order chi connectivity index (χ1) is 23.8. The van der Waals surface area contributed by atoms with Crippen LogP contribution in [0.5, 0.6) is 0 Å². The molecule has 0 aliphatic rings. The Morgan fingerprint density at radius 1 is 0.612 bits per heavy atom. The molecule has 0 spiro atoms. The second-order valence-corrected chi connectivity index (χ2v) is 15.1. The van der Waals surface area contributed by atoms with E-state index in [9.17, 15) is 19.4 Å². The highest BCUT2D eigenvalue weighted by atomic mass is 31.2. The van der Waals surface area contributed by atoms with E-state index < -0.39 is 33.2 Å². The molecule has 3 atom stereocenters. The van der Waals surface area contributed by atoms with Crippen molar-refractivity contribution in [2.75, 3.05) is 33.0 Å². The Morgan fingerprint density at radius 3 is 1.53 bits per heavy atom. The van der Waals surface area contributed by atoms with Crippen LogP contribution in [0.1, 0.15) is 187 Å². The highest BCUT2D eigenvalue weighted by molar-refractivity contribution is 7.47. The van der Waals surface area contributed by atoms with Gasteiger partial charge in [0.1, 0.15) is 12.2 Å². The third kappa shape index (κ3) is 36.8. The van der Waals surface area contributed by atoms with Crippen molar-refractivity contribution >= 4 is 13.8 Å². The summed E-state index contributed by atoms with van der Waals surface area (Å²) in [4.78, 5) is 22.5. The molecule has 3 unspecified atom stereocenters. The van der Waals surface area contributed by atoms with Crippen LogP contribution < -0.4 is 0 Å². The summed E-state index contributed by atoms with van der Waals surface area (Å²) >= 11 is 0. The van der Waals surface area contributed by atoms with Crippen LogP contribution in [-0.2, 0) is 27.9 Å². The van der Waals surface area contributed by atoms with Gasteiger partial charge in [-0.1, -0.05) is 154 Å². The fourth-order valence-corrected chi connectivity index (χ4v) is 6.37. The molecule has 0 aliphatic carbocycles. The number of rotatable bonds is 39. The Hall–Kier alpha value is -0.800. The van der Waals surface area contributed by atoms with Crippen molar-refractivity contribution in [3.8, 4) is 0 Å². The molecule has 3 N–H and O–H groups in total. The fraction of sp³-hybridized carbons (Fsp3) is 0.923. The molecule has 0 rings (SSSR count). The van der Waals surface area contributed by atoms with Crippen LogP contribution in [-0.4, -0.2) is 66.3 Å². The molecule has 0 saturated carbocycles. The first-order valence-electron chi connectivity index (χ1n) is 20.2. The number of phosphoric acid groups is 1. The summed E-state index contributed by atoms with van der Waals surface area (Å²) in [5.41, 5.74) is 0. The molecular weight excluding hydrogens is 643 g/mol. The summed E-state index contributed by atoms with van der Waals surface area (Å²) < 4.78 is 33.3. The maximum atomic E-state index is 12.5. The van der Waals surface area contributed by atoms with E-state index in [1.54, 1.807) is 0 Å². The number of esters is 1. The first kappa shape index (κ1) is 48.2. The summed E-state index contributed by atoms with van der Waals surface area (Å²) in [7, 11) is -4.51. The van der Waals surface area contributed by atoms with Gasteiger partial charge in [-0.2, -0.15) is 0 Å². The number of hydrogen-bond donors (Lipinski definition) is 3. The number of hydrogen-bond acceptors (Lipinski definition) is 8. The average Bonchev–Trinajstić information content (AvgIpc) is 3.09. The van der Waals surface area contributed by atoms with E-state index in [-0.39, 0.29) is 25.6 Å². The fourth-order valence-electron chi connectivity index (χ4n) is 5.59. The monoisotopic (exact) mass is 721 g/mol. The second kappa shape index (κ2) is 37.0. The third-order valence-electron chi connectivity index (χ3n) is 8.70. The van der Waals surface area contributed by atoms with Crippen molar-refractivity contribution < 1.29 is 43.0 Å². The van der Waals surface area contributed by atoms with Crippen molar-refractivity contribution in [2.24, 2.45) is 0 Å². The van der Waals surface area contributed by atoms with Gasteiger partial charge in [-0.05, 0) is 38.5 Å². The topological polar surface area (TPSA) is 132 Å². The Labute approximate surface area is 300 Å². The molecule has 10 heteroatoms. The normalized spacial score (nSPS) is 14.3. The van der Waals surface area contributed by atoms with Gasteiger partial charge in [-0.15, -0.1) is 0 Å². The van der Waals surface area contributed by atoms with Crippen molar-refractivity contribution in [1.29, 1.82) is 0 Å². The molecule has 0 aromatic rings. The minimum Gasteiger partial charge on any atom is -0.457 e. The van der Waals surface area contributed by atoms with Gasteiger partial charge < -0.3 is 24.6 Å². The Balaban J connectivity index is 4.18. The predicted octanol–water partition coefficient (Wildman–Crippen LogP) is 10.5. The van der Waals surface area contributed by atoms with Gasteiger partial charge in [0.2, 0.25) is 0 Å². The lowest BCUT2D eigenvalue weighted by atomic mass is 10.0. The Bertz CT molecular complexity index is 780. The lowest BCUT2D eigenvalue weighted by Gasteiger charge is -2.20. The quantitative estimate of drug-likeness (QED) is 0.0246. The number of ether oxygens (including phenoxy) is 2. The van der Waals surface area contributed by atoms with E-state index in [2.05, 4.69) is 26.0 Å². The number of phosphoric ester groups is 1. The largest absolute Gasteiger partial charge is 0.472 e. The van der Waals surface area contributed by atoms with Gasteiger partial charge in [0, 0.05) is 13.0 Å². The van der Waals surface area contributed by atoms with E-state index in [0.29, 0.717) is 6.61 Å². The van der Waals surface area contributed by atoms with Crippen molar-refractivity contribution in [3.05, 3.63) is 12.2 Å². The zero-order valence-corrected chi connectivity index (χ0v) is 32.6.